The maximum absolute atomic E-state index is 10.2. The highest BCUT2D eigenvalue weighted by Crippen LogP contribution is 2.15. The average molecular weight is 220 g/mol. The number of ether oxygens (including phenoxy) is 2. The Balaban J connectivity index is 3.66. The number of carboxylic acid groups (broad SMARTS) is 2. The fraction of sp³-hybridized carbons (Fsp3) is 0.778. The van der Waals surface area contributed by atoms with Crippen molar-refractivity contribution in [3.63, 3.8) is 0 Å². The summed E-state index contributed by atoms with van der Waals surface area (Å²) in [5, 5.41) is 16.7. The van der Waals surface area contributed by atoms with Gasteiger partial charge in [0.25, 0.3) is 0 Å². The number of rotatable bonds is 8. The van der Waals surface area contributed by atoms with E-state index in [1.165, 1.54) is 0 Å². The van der Waals surface area contributed by atoms with E-state index >= 15 is 0 Å². The van der Waals surface area contributed by atoms with Gasteiger partial charge in [-0.3, -0.25) is 0 Å². The number of hydrogen-bond donors (Lipinski definition) is 2. The lowest BCUT2D eigenvalue weighted by atomic mass is 9.96. The van der Waals surface area contributed by atoms with E-state index in [2.05, 4.69) is 0 Å². The van der Waals surface area contributed by atoms with Crippen molar-refractivity contribution in [1.29, 1.82) is 0 Å². The molecule has 15 heavy (non-hydrogen) atoms. The van der Waals surface area contributed by atoms with E-state index in [1.54, 1.807) is 13.8 Å². The lowest BCUT2D eigenvalue weighted by Crippen LogP contribution is -2.28. The van der Waals surface area contributed by atoms with Gasteiger partial charge >= 0.3 is 11.9 Å². The predicted molar refractivity (Wildman–Crippen MR) is 50.7 cm³/mol. The van der Waals surface area contributed by atoms with E-state index in [0.29, 0.717) is 0 Å². The minimum Gasteiger partial charge on any atom is -0.480 e. The van der Waals surface area contributed by atoms with Gasteiger partial charge in [0.05, 0.1) is 13.2 Å². The molecule has 0 radical (unpaired) electrons. The van der Waals surface area contributed by atoms with Gasteiger partial charge in [0.15, 0.2) is 0 Å². The fourth-order valence-electron chi connectivity index (χ4n) is 0.871. The zero-order valence-corrected chi connectivity index (χ0v) is 8.86. The van der Waals surface area contributed by atoms with Crippen LogP contribution in [0.15, 0.2) is 0 Å². The van der Waals surface area contributed by atoms with Crippen molar-refractivity contribution >= 4 is 11.9 Å². The first-order valence-corrected chi connectivity index (χ1v) is 4.42. The second kappa shape index (κ2) is 6.36. The third-order valence-electron chi connectivity index (χ3n) is 1.44. The maximum atomic E-state index is 10.2. The molecule has 0 aromatic carbocycles. The Kier molecular flexibility index (Phi) is 5.88. The standard InChI is InChI=1S/C9H16O6/c1-9(2,5-14-3-7(10)11)6-15-4-8(12)13/h3-6H2,1-2H3,(H,10,11)(H,12,13). The Bertz CT molecular complexity index is 201. The predicted octanol–water partition coefficient (Wildman–Crippen LogP) is 0.215. The second-order valence-corrected chi connectivity index (χ2v) is 3.94. The topological polar surface area (TPSA) is 93.1 Å². The van der Waals surface area contributed by atoms with Crippen molar-refractivity contribution in [3.8, 4) is 0 Å². The molecule has 6 heteroatoms. The van der Waals surface area contributed by atoms with Crippen LogP contribution < -0.4 is 0 Å². The van der Waals surface area contributed by atoms with Crippen LogP contribution in [0, 0.1) is 5.41 Å². The molecule has 0 heterocycles. The minimum absolute atomic E-state index is 0.207. The molecular formula is C9H16O6. The smallest absolute Gasteiger partial charge is 0.329 e. The highest BCUT2D eigenvalue weighted by Gasteiger charge is 2.19. The third kappa shape index (κ3) is 9.17. The number of carboxylic acids is 2. The van der Waals surface area contributed by atoms with Gasteiger partial charge in [0.1, 0.15) is 13.2 Å². The maximum Gasteiger partial charge on any atom is 0.329 e. The van der Waals surface area contributed by atoms with Crippen molar-refractivity contribution in [2.75, 3.05) is 26.4 Å². The highest BCUT2D eigenvalue weighted by molar-refractivity contribution is 5.68. The molecule has 0 aliphatic rings. The molecular weight excluding hydrogens is 204 g/mol. The lowest BCUT2D eigenvalue weighted by molar-refractivity contribution is -0.145. The molecule has 0 saturated heterocycles. The summed E-state index contributed by atoms with van der Waals surface area (Å²) in [5.74, 6) is -2.06. The molecule has 0 unspecified atom stereocenters. The van der Waals surface area contributed by atoms with Gasteiger partial charge in [-0.25, -0.2) is 9.59 Å². The van der Waals surface area contributed by atoms with Gasteiger partial charge < -0.3 is 19.7 Å². The summed E-state index contributed by atoms with van der Waals surface area (Å²) < 4.78 is 9.78. The van der Waals surface area contributed by atoms with E-state index in [0.717, 1.165) is 0 Å². The molecule has 0 spiro atoms. The molecule has 0 saturated carbocycles. The van der Waals surface area contributed by atoms with Gasteiger partial charge in [0.2, 0.25) is 0 Å². The molecule has 0 amide bonds. The van der Waals surface area contributed by atoms with E-state index in [1.807, 2.05) is 0 Å². The van der Waals surface area contributed by atoms with Gasteiger partial charge in [-0.05, 0) is 0 Å². The van der Waals surface area contributed by atoms with Crippen LogP contribution in [0.4, 0.5) is 0 Å². The Morgan fingerprint density at radius 3 is 1.60 bits per heavy atom. The molecule has 0 aromatic rings. The zero-order chi connectivity index (χ0) is 11.9. The minimum atomic E-state index is -1.03. The fourth-order valence-corrected chi connectivity index (χ4v) is 0.871. The Morgan fingerprint density at radius 2 is 1.33 bits per heavy atom. The summed E-state index contributed by atoms with van der Waals surface area (Å²) >= 11 is 0. The first-order valence-electron chi connectivity index (χ1n) is 4.42. The summed E-state index contributed by atoms with van der Waals surface area (Å²) in [6.45, 7) is 3.30. The van der Waals surface area contributed by atoms with Gasteiger partial charge in [0, 0.05) is 5.41 Å². The first kappa shape index (κ1) is 13.9. The summed E-state index contributed by atoms with van der Waals surface area (Å²) in [7, 11) is 0. The molecule has 0 fully saturated rings. The Labute approximate surface area is 87.8 Å². The molecule has 0 rings (SSSR count). The van der Waals surface area contributed by atoms with Gasteiger partial charge in [-0.1, -0.05) is 13.8 Å². The molecule has 0 atom stereocenters. The first-order chi connectivity index (χ1) is 6.83. The highest BCUT2D eigenvalue weighted by atomic mass is 16.5. The Morgan fingerprint density at radius 1 is 1.00 bits per heavy atom. The van der Waals surface area contributed by atoms with Gasteiger partial charge in [-0.2, -0.15) is 0 Å². The van der Waals surface area contributed by atoms with Crippen LogP contribution in [-0.2, 0) is 19.1 Å². The van der Waals surface area contributed by atoms with Crippen LogP contribution in [0.3, 0.4) is 0 Å². The summed E-state index contributed by atoms with van der Waals surface area (Å²) in [6, 6.07) is 0. The van der Waals surface area contributed by atoms with Crippen LogP contribution in [0.2, 0.25) is 0 Å². The Hall–Kier alpha value is -1.14. The molecule has 2 N–H and O–H groups in total. The van der Waals surface area contributed by atoms with Crippen LogP contribution in [0.5, 0.6) is 0 Å². The van der Waals surface area contributed by atoms with Crippen LogP contribution in [0.1, 0.15) is 13.8 Å². The number of hydrogen-bond acceptors (Lipinski definition) is 4. The van der Waals surface area contributed by atoms with E-state index in [9.17, 15) is 9.59 Å². The largest absolute Gasteiger partial charge is 0.480 e. The molecule has 88 valence electrons. The third-order valence-corrected chi connectivity index (χ3v) is 1.44. The zero-order valence-electron chi connectivity index (χ0n) is 8.86. The normalized spacial score (nSPS) is 11.3. The average Bonchev–Trinajstić information content (AvgIpc) is 2.01. The molecule has 0 aliphatic heterocycles. The summed E-state index contributed by atoms with van der Waals surface area (Å²) in [4.78, 5) is 20.3. The van der Waals surface area contributed by atoms with Gasteiger partial charge in [-0.15, -0.1) is 0 Å². The van der Waals surface area contributed by atoms with Crippen molar-refractivity contribution < 1.29 is 29.3 Å². The van der Waals surface area contributed by atoms with Crippen LogP contribution >= 0.6 is 0 Å². The number of aliphatic carboxylic acids is 2. The molecule has 6 nitrogen and oxygen atoms in total. The summed E-state index contributed by atoms with van der Waals surface area (Å²) in [6.07, 6.45) is 0. The SMILES string of the molecule is CC(C)(COCC(=O)O)COCC(=O)O. The molecule has 0 bridgehead atoms. The molecule has 0 aliphatic carbocycles. The van der Waals surface area contributed by atoms with Crippen molar-refractivity contribution in [2.45, 2.75) is 13.8 Å². The van der Waals surface area contributed by atoms with E-state index < -0.39 is 17.4 Å². The van der Waals surface area contributed by atoms with Crippen LogP contribution in [0.25, 0.3) is 0 Å². The van der Waals surface area contributed by atoms with Crippen molar-refractivity contribution in [3.05, 3.63) is 0 Å². The van der Waals surface area contributed by atoms with E-state index in [4.69, 9.17) is 19.7 Å². The van der Waals surface area contributed by atoms with Crippen molar-refractivity contribution in [2.24, 2.45) is 5.41 Å². The quantitative estimate of drug-likeness (QED) is 0.607. The monoisotopic (exact) mass is 220 g/mol. The molecule has 0 aromatic heterocycles. The summed E-state index contributed by atoms with van der Waals surface area (Å²) in [5.41, 5.74) is -0.398. The van der Waals surface area contributed by atoms with Crippen LogP contribution in [-0.4, -0.2) is 48.6 Å². The lowest BCUT2D eigenvalue weighted by Gasteiger charge is -2.23. The number of carbonyl (C=O) groups is 2. The second-order valence-electron chi connectivity index (χ2n) is 3.94. The van der Waals surface area contributed by atoms with E-state index in [-0.39, 0.29) is 26.4 Å². The van der Waals surface area contributed by atoms with Crippen molar-refractivity contribution in [1.82, 2.24) is 0 Å².